The van der Waals surface area contributed by atoms with Crippen LogP contribution in [0.25, 0.3) is 0 Å². The van der Waals surface area contributed by atoms with Crippen LogP contribution < -0.4 is 0 Å². The van der Waals surface area contributed by atoms with Crippen LogP contribution in [0.3, 0.4) is 0 Å². The number of rotatable bonds is 4. The molecule has 0 aliphatic heterocycles. The quantitative estimate of drug-likeness (QED) is 0.488. The third kappa shape index (κ3) is 5.08. The lowest BCUT2D eigenvalue weighted by molar-refractivity contribution is -0.145. The van der Waals surface area contributed by atoms with E-state index in [4.69, 9.17) is 16.3 Å². The van der Waals surface area contributed by atoms with Crippen LogP contribution in [0.15, 0.2) is 0 Å². The van der Waals surface area contributed by atoms with Crippen LogP contribution in [0.1, 0.15) is 27.2 Å². The molecule has 0 unspecified atom stereocenters. The largest absolute Gasteiger partial charge is 0.466 e. The first-order valence-electron chi connectivity index (χ1n) is 3.73. The number of halogens is 1. The van der Waals surface area contributed by atoms with Gasteiger partial charge in [-0.15, -0.1) is 11.6 Å². The molecule has 3 heteroatoms. The molecule has 0 radical (unpaired) electrons. The molecule has 0 saturated carbocycles. The third-order valence-electron chi connectivity index (χ3n) is 1.29. The molecule has 0 N–H and O–H groups in total. The fourth-order valence-electron chi connectivity index (χ4n) is 0.650. The van der Waals surface area contributed by atoms with Gasteiger partial charge in [0.25, 0.3) is 0 Å². The van der Waals surface area contributed by atoms with Crippen LogP contribution in [0.2, 0.25) is 0 Å². The fourth-order valence-corrected chi connectivity index (χ4v) is 0.744. The molecule has 0 rings (SSSR count). The SMILES string of the molecule is CCOC(=O)CC(C)(C)CCl. The Morgan fingerprint density at radius 1 is 1.55 bits per heavy atom. The van der Waals surface area contributed by atoms with Crippen LogP contribution in [0.5, 0.6) is 0 Å². The van der Waals surface area contributed by atoms with Gasteiger partial charge in [-0.3, -0.25) is 4.79 Å². The number of carbonyl (C=O) groups excluding carboxylic acids is 1. The smallest absolute Gasteiger partial charge is 0.306 e. The van der Waals surface area contributed by atoms with E-state index in [-0.39, 0.29) is 11.4 Å². The number of alkyl halides is 1. The maximum Gasteiger partial charge on any atom is 0.306 e. The summed E-state index contributed by atoms with van der Waals surface area (Å²) in [6.07, 6.45) is 0.393. The Labute approximate surface area is 72.9 Å². The van der Waals surface area contributed by atoms with Crippen LogP contribution in [-0.4, -0.2) is 18.5 Å². The summed E-state index contributed by atoms with van der Waals surface area (Å²) < 4.78 is 4.78. The predicted molar refractivity (Wildman–Crippen MR) is 45.8 cm³/mol. The molecule has 0 bridgehead atoms. The van der Waals surface area contributed by atoms with Crippen molar-refractivity contribution in [2.24, 2.45) is 5.41 Å². The summed E-state index contributed by atoms with van der Waals surface area (Å²) in [4.78, 5) is 10.9. The minimum atomic E-state index is -0.168. The van der Waals surface area contributed by atoms with Gasteiger partial charge in [0.2, 0.25) is 0 Å². The zero-order chi connectivity index (χ0) is 8.91. The van der Waals surface area contributed by atoms with Gasteiger partial charge < -0.3 is 4.74 Å². The van der Waals surface area contributed by atoms with E-state index < -0.39 is 0 Å². The number of hydrogen-bond donors (Lipinski definition) is 0. The van der Waals surface area contributed by atoms with Crippen molar-refractivity contribution in [2.45, 2.75) is 27.2 Å². The summed E-state index contributed by atoms with van der Waals surface area (Å²) in [5.41, 5.74) is -0.145. The molecule has 0 saturated heterocycles. The molecule has 0 aliphatic carbocycles. The molecule has 0 amide bonds. The number of ether oxygens (including phenoxy) is 1. The van der Waals surface area contributed by atoms with E-state index in [1.807, 2.05) is 13.8 Å². The average molecular weight is 179 g/mol. The second-order valence-electron chi connectivity index (χ2n) is 3.28. The van der Waals surface area contributed by atoms with E-state index in [1.54, 1.807) is 6.92 Å². The topological polar surface area (TPSA) is 26.3 Å². The minimum Gasteiger partial charge on any atom is -0.466 e. The Bertz CT molecular complexity index is 132. The van der Waals surface area contributed by atoms with Crippen molar-refractivity contribution in [2.75, 3.05) is 12.5 Å². The van der Waals surface area contributed by atoms with E-state index in [0.29, 0.717) is 18.9 Å². The van der Waals surface area contributed by atoms with Gasteiger partial charge in [0, 0.05) is 5.88 Å². The Morgan fingerprint density at radius 3 is 2.45 bits per heavy atom. The van der Waals surface area contributed by atoms with Crippen LogP contribution in [-0.2, 0) is 9.53 Å². The molecular formula is C8H15ClO2. The Kier molecular flexibility index (Phi) is 4.50. The molecule has 0 spiro atoms. The molecule has 0 aliphatic rings. The molecule has 0 fully saturated rings. The van der Waals surface area contributed by atoms with Crippen molar-refractivity contribution in [3.8, 4) is 0 Å². The van der Waals surface area contributed by atoms with Gasteiger partial charge in [-0.1, -0.05) is 13.8 Å². The standard InChI is InChI=1S/C8H15ClO2/c1-4-11-7(10)5-8(2,3)6-9/h4-6H2,1-3H3. The highest BCUT2D eigenvalue weighted by molar-refractivity contribution is 6.18. The van der Waals surface area contributed by atoms with Crippen molar-refractivity contribution in [3.63, 3.8) is 0 Å². The van der Waals surface area contributed by atoms with Crippen molar-refractivity contribution >= 4 is 17.6 Å². The molecular weight excluding hydrogens is 164 g/mol. The summed E-state index contributed by atoms with van der Waals surface area (Å²) in [5, 5.41) is 0. The summed E-state index contributed by atoms with van der Waals surface area (Å²) in [6.45, 7) is 6.12. The van der Waals surface area contributed by atoms with Crippen LogP contribution in [0.4, 0.5) is 0 Å². The normalized spacial score (nSPS) is 11.3. The lowest BCUT2D eigenvalue weighted by Gasteiger charge is -2.19. The average Bonchev–Trinajstić information content (AvgIpc) is 1.87. The monoisotopic (exact) mass is 178 g/mol. The van der Waals surface area contributed by atoms with Gasteiger partial charge in [0.05, 0.1) is 13.0 Å². The number of esters is 1. The van der Waals surface area contributed by atoms with Crippen molar-refractivity contribution in [1.29, 1.82) is 0 Å². The maximum atomic E-state index is 10.9. The zero-order valence-corrected chi connectivity index (χ0v) is 8.07. The molecule has 0 heterocycles. The second-order valence-corrected chi connectivity index (χ2v) is 3.55. The minimum absolute atomic E-state index is 0.145. The highest BCUT2D eigenvalue weighted by atomic mass is 35.5. The predicted octanol–water partition coefficient (Wildman–Crippen LogP) is 2.20. The highest BCUT2D eigenvalue weighted by Crippen LogP contribution is 2.22. The van der Waals surface area contributed by atoms with E-state index in [9.17, 15) is 4.79 Å². The van der Waals surface area contributed by atoms with Crippen molar-refractivity contribution in [1.82, 2.24) is 0 Å². The summed E-state index contributed by atoms with van der Waals surface area (Å²) in [6, 6.07) is 0. The van der Waals surface area contributed by atoms with Crippen LogP contribution >= 0.6 is 11.6 Å². The molecule has 0 aromatic carbocycles. The van der Waals surface area contributed by atoms with Crippen molar-refractivity contribution in [3.05, 3.63) is 0 Å². The number of hydrogen-bond acceptors (Lipinski definition) is 2. The first-order valence-corrected chi connectivity index (χ1v) is 4.27. The van der Waals surface area contributed by atoms with E-state index in [2.05, 4.69) is 0 Å². The van der Waals surface area contributed by atoms with Crippen molar-refractivity contribution < 1.29 is 9.53 Å². The van der Waals surface area contributed by atoms with Gasteiger partial charge in [0.15, 0.2) is 0 Å². The Morgan fingerprint density at radius 2 is 2.09 bits per heavy atom. The lowest BCUT2D eigenvalue weighted by Crippen LogP contribution is -2.20. The van der Waals surface area contributed by atoms with Gasteiger partial charge in [-0.05, 0) is 12.3 Å². The summed E-state index contributed by atoms with van der Waals surface area (Å²) in [7, 11) is 0. The van der Waals surface area contributed by atoms with Crippen LogP contribution in [0, 0.1) is 5.41 Å². The van der Waals surface area contributed by atoms with Gasteiger partial charge >= 0.3 is 5.97 Å². The highest BCUT2D eigenvalue weighted by Gasteiger charge is 2.21. The van der Waals surface area contributed by atoms with Gasteiger partial charge in [-0.2, -0.15) is 0 Å². The molecule has 0 aromatic rings. The second kappa shape index (κ2) is 4.60. The molecule has 0 aromatic heterocycles. The Balaban J connectivity index is 3.74. The van der Waals surface area contributed by atoms with Gasteiger partial charge in [-0.25, -0.2) is 0 Å². The maximum absolute atomic E-state index is 10.9. The Hall–Kier alpha value is -0.240. The van der Waals surface area contributed by atoms with Gasteiger partial charge in [0.1, 0.15) is 0 Å². The third-order valence-corrected chi connectivity index (χ3v) is 2.01. The van der Waals surface area contributed by atoms with E-state index >= 15 is 0 Å². The zero-order valence-electron chi connectivity index (χ0n) is 7.32. The molecule has 66 valence electrons. The van der Waals surface area contributed by atoms with E-state index in [0.717, 1.165) is 0 Å². The van der Waals surface area contributed by atoms with E-state index in [1.165, 1.54) is 0 Å². The first-order chi connectivity index (χ1) is 5.02. The lowest BCUT2D eigenvalue weighted by atomic mass is 9.92. The molecule has 11 heavy (non-hydrogen) atoms. The first kappa shape index (κ1) is 10.8. The number of carbonyl (C=O) groups is 1. The molecule has 0 atom stereocenters. The summed E-state index contributed by atoms with van der Waals surface area (Å²) in [5.74, 6) is 0.310. The molecule has 2 nitrogen and oxygen atoms in total. The summed E-state index contributed by atoms with van der Waals surface area (Å²) >= 11 is 5.63. The fraction of sp³-hybridized carbons (Fsp3) is 0.875.